The second-order valence-corrected chi connectivity index (χ2v) is 16.8. The molecule has 0 atom stereocenters. The number of hydrogen-bond donors (Lipinski definition) is 1. The van der Waals surface area contributed by atoms with Crippen molar-refractivity contribution >= 4 is 71.4 Å². The van der Waals surface area contributed by atoms with Crippen molar-refractivity contribution in [1.82, 2.24) is 64.9 Å². The van der Waals surface area contributed by atoms with Gasteiger partial charge in [-0.05, 0) is 78.9 Å². The average molecular weight is 888 g/mol. The van der Waals surface area contributed by atoms with Crippen LogP contribution in [0.15, 0.2) is 189 Å². The van der Waals surface area contributed by atoms with Crippen LogP contribution in [-0.2, 0) is 0 Å². The van der Waals surface area contributed by atoms with Gasteiger partial charge in [-0.3, -0.25) is 9.97 Å². The molecule has 0 saturated carbocycles. The number of aromatic nitrogens is 12. The summed E-state index contributed by atoms with van der Waals surface area (Å²) in [6.07, 6.45) is 19.8. The third-order valence-electron chi connectivity index (χ3n) is 12.8. The molecule has 0 spiro atoms. The lowest BCUT2D eigenvalue weighted by atomic mass is 9.82. The maximum Gasteiger partial charge on any atom is 0.181 e. The summed E-state index contributed by atoms with van der Waals surface area (Å²) in [7, 11) is 0. The molecule has 0 unspecified atom stereocenters. The number of rotatable bonds is 6. The van der Waals surface area contributed by atoms with Crippen LogP contribution in [0.4, 0.5) is 0 Å². The minimum atomic E-state index is 0.470. The van der Waals surface area contributed by atoms with E-state index in [2.05, 4.69) is 69.6 Å². The number of nitrogens with zero attached hydrogens (tertiary/aromatic N) is 12. The van der Waals surface area contributed by atoms with E-state index in [-0.39, 0.29) is 0 Å². The van der Waals surface area contributed by atoms with Gasteiger partial charge in [0.2, 0.25) is 0 Å². The molecule has 2 aliphatic heterocycles. The monoisotopic (exact) mass is 887 g/mol. The highest BCUT2D eigenvalue weighted by atomic mass is 15.1. The SMILES string of the molecule is C1=CC2=C(c3c(-c4ncc5[nH]cnc5n4)cc4c(-c5ccc6ccccc6n5)nc(-c5cc6ccccc6nn5)c(-c5cnc6ccccc6n5)c4c3-c3ccc4ncccc4n3)C=CCN2C=C1. The van der Waals surface area contributed by atoms with Crippen LogP contribution in [0.1, 0.15) is 5.56 Å². The number of allylic oxidation sites excluding steroid dienone is 5. The lowest BCUT2D eigenvalue weighted by molar-refractivity contribution is 0.527. The van der Waals surface area contributed by atoms with Crippen LogP contribution < -0.4 is 0 Å². The molecule has 10 heterocycles. The molecule has 0 saturated heterocycles. The molecule has 0 radical (unpaired) electrons. The molecule has 0 bridgehead atoms. The van der Waals surface area contributed by atoms with Crippen LogP contribution in [0, 0.1) is 0 Å². The highest BCUT2D eigenvalue weighted by Crippen LogP contribution is 2.51. The molecule has 0 aliphatic carbocycles. The maximum absolute atomic E-state index is 5.70. The predicted molar refractivity (Wildman–Crippen MR) is 270 cm³/mol. The molecule has 0 fully saturated rings. The third-order valence-corrected chi connectivity index (χ3v) is 12.8. The van der Waals surface area contributed by atoms with Gasteiger partial charge in [-0.2, -0.15) is 0 Å². The summed E-state index contributed by atoms with van der Waals surface area (Å²) in [6, 6.07) is 40.2. The van der Waals surface area contributed by atoms with Gasteiger partial charge in [0.15, 0.2) is 11.5 Å². The van der Waals surface area contributed by atoms with Gasteiger partial charge >= 0.3 is 0 Å². The number of aromatic amines is 1. The summed E-state index contributed by atoms with van der Waals surface area (Å²) in [5, 5.41) is 13.2. The number of imidazole rings is 1. The zero-order chi connectivity index (χ0) is 45.4. The Morgan fingerprint density at radius 3 is 2.22 bits per heavy atom. The van der Waals surface area contributed by atoms with E-state index >= 15 is 0 Å². The van der Waals surface area contributed by atoms with E-state index in [0.717, 1.165) is 88.1 Å². The van der Waals surface area contributed by atoms with Crippen LogP contribution in [0.3, 0.4) is 0 Å². The van der Waals surface area contributed by atoms with E-state index in [1.807, 2.05) is 109 Å². The number of nitrogens with one attached hydrogen (secondary N) is 1. The number of H-pyrrole nitrogens is 1. The molecule has 2 aliphatic rings. The number of hydrogen-bond acceptors (Lipinski definition) is 12. The Hall–Kier alpha value is -9.75. The van der Waals surface area contributed by atoms with Crippen LogP contribution in [-0.4, -0.2) is 71.5 Å². The molecule has 13 nitrogen and oxygen atoms in total. The van der Waals surface area contributed by atoms with Gasteiger partial charge in [0.25, 0.3) is 0 Å². The molecule has 1 N–H and O–H groups in total. The number of fused-ring (bicyclic) bond motifs is 7. The Morgan fingerprint density at radius 1 is 0.507 bits per heavy atom. The fourth-order valence-corrected chi connectivity index (χ4v) is 9.62. The fraction of sp³-hybridized carbons (Fsp3) is 0.0179. The van der Waals surface area contributed by atoms with E-state index in [4.69, 9.17) is 50.1 Å². The first kappa shape index (κ1) is 38.5. The van der Waals surface area contributed by atoms with E-state index in [9.17, 15) is 0 Å². The second kappa shape index (κ2) is 15.4. The lowest BCUT2D eigenvalue weighted by Crippen LogP contribution is -2.21. The Kier molecular flexibility index (Phi) is 8.61. The predicted octanol–water partition coefficient (Wildman–Crippen LogP) is 11.3. The molecule has 8 aromatic heterocycles. The number of pyridine rings is 4. The molecule has 322 valence electrons. The Labute approximate surface area is 392 Å². The first-order chi connectivity index (χ1) is 34.2. The molecular formula is C56H33N13. The van der Waals surface area contributed by atoms with Crippen molar-refractivity contribution in [3.63, 3.8) is 0 Å². The van der Waals surface area contributed by atoms with Gasteiger partial charge in [-0.1, -0.05) is 72.8 Å². The number of para-hydroxylation sites is 3. The second-order valence-electron chi connectivity index (χ2n) is 16.8. The minimum Gasteiger partial charge on any atom is -0.344 e. The summed E-state index contributed by atoms with van der Waals surface area (Å²) < 4.78 is 0. The van der Waals surface area contributed by atoms with Crippen LogP contribution in [0.25, 0.3) is 128 Å². The quantitative estimate of drug-likeness (QED) is 0.168. The third kappa shape index (κ3) is 6.36. The molecule has 12 aromatic rings. The normalized spacial score (nSPS) is 13.5. The van der Waals surface area contributed by atoms with Crippen molar-refractivity contribution in [3.8, 4) is 56.7 Å². The largest absolute Gasteiger partial charge is 0.344 e. The van der Waals surface area contributed by atoms with E-state index in [1.54, 1.807) is 18.7 Å². The zero-order valence-electron chi connectivity index (χ0n) is 36.4. The topological polar surface area (TPSA) is 161 Å². The average Bonchev–Trinajstić information content (AvgIpc) is 3.90. The Bertz CT molecular complexity index is 4260. The first-order valence-corrected chi connectivity index (χ1v) is 22.5. The van der Waals surface area contributed by atoms with Gasteiger partial charge in [0.05, 0.1) is 74.6 Å². The summed E-state index contributed by atoms with van der Waals surface area (Å²) in [5.41, 5.74) is 14.5. The van der Waals surface area contributed by atoms with E-state index in [0.29, 0.717) is 57.7 Å². The molecule has 0 amide bonds. The molecule has 69 heavy (non-hydrogen) atoms. The standard InChI is InChI=1S/C56H33N13/c1-3-14-37-32(11-1)20-21-44(62-37)53-35-28-36(55-59-30-47-56(66-55)61-31-60-47)49(34-13-10-26-69-25-8-7-19-48(34)69)51(43-23-22-40-42(63-43)18-9-24-57-40)50(35)52(46-29-58-39-16-5-6-17-41(39)64-46)54(65-53)45-27-33-12-2-4-15-38(33)67-68-45/h1-25,27-31H,26H2,(H,59,60,61,66). The van der Waals surface area contributed by atoms with Crippen molar-refractivity contribution < 1.29 is 0 Å². The highest BCUT2D eigenvalue weighted by Gasteiger charge is 2.32. The molecule has 4 aromatic carbocycles. The minimum absolute atomic E-state index is 0.470. The maximum atomic E-state index is 5.70. The Morgan fingerprint density at radius 2 is 1.29 bits per heavy atom. The zero-order valence-corrected chi connectivity index (χ0v) is 36.4. The summed E-state index contributed by atoms with van der Waals surface area (Å²) in [5.74, 6) is 0.470. The Balaban J connectivity index is 1.25. The van der Waals surface area contributed by atoms with Gasteiger partial charge in [0, 0.05) is 74.0 Å². The van der Waals surface area contributed by atoms with E-state index < -0.39 is 0 Å². The van der Waals surface area contributed by atoms with Crippen molar-refractivity contribution in [3.05, 3.63) is 194 Å². The van der Waals surface area contributed by atoms with Crippen LogP contribution in [0.2, 0.25) is 0 Å². The van der Waals surface area contributed by atoms with Gasteiger partial charge in [-0.15, -0.1) is 10.2 Å². The smallest absolute Gasteiger partial charge is 0.181 e. The molecule has 14 rings (SSSR count). The van der Waals surface area contributed by atoms with Crippen molar-refractivity contribution in [2.75, 3.05) is 6.54 Å². The fourth-order valence-electron chi connectivity index (χ4n) is 9.62. The van der Waals surface area contributed by atoms with E-state index in [1.165, 1.54) is 0 Å². The van der Waals surface area contributed by atoms with Crippen LogP contribution in [0.5, 0.6) is 0 Å². The molecular weight excluding hydrogens is 855 g/mol. The van der Waals surface area contributed by atoms with Gasteiger partial charge in [0.1, 0.15) is 16.9 Å². The van der Waals surface area contributed by atoms with Crippen molar-refractivity contribution in [2.45, 2.75) is 0 Å². The summed E-state index contributed by atoms with van der Waals surface area (Å²) >= 11 is 0. The summed E-state index contributed by atoms with van der Waals surface area (Å²) in [4.78, 5) is 51.9. The lowest BCUT2D eigenvalue weighted by Gasteiger charge is -2.30. The first-order valence-electron chi connectivity index (χ1n) is 22.5. The van der Waals surface area contributed by atoms with Gasteiger partial charge in [-0.25, -0.2) is 34.9 Å². The summed E-state index contributed by atoms with van der Waals surface area (Å²) in [6.45, 7) is 0.692. The van der Waals surface area contributed by atoms with Crippen molar-refractivity contribution in [1.29, 1.82) is 0 Å². The van der Waals surface area contributed by atoms with Gasteiger partial charge < -0.3 is 9.88 Å². The number of benzene rings is 4. The van der Waals surface area contributed by atoms with Crippen LogP contribution >= 0.6 is 0 Å². The van der Waals surface area contributed by atoms with Crippen molar-refractivity contribution in [2.24, 2.45) is 0 Å². The highest BCUT2D eigenvalue weighted by molar-refractivity contribution is 6.19. The molecule has 13 heteroatoms.